The van der Waals surface area contributed by atoms with Crippen molar-refractivity contribution in [1.82, 2.24) is 9.97 Å². The Morgan fingerprint density at radius 1 is 1.40 bits per heavy atom. The van der Waals surface area contributed by atoms with E-state index in [1.807, 2.05) is 0 Å². The monoisotopic (exact) mass is 158 g/mol. The van der Waals surface area contributed by atoms with Gasteiger partial charge in [0.2, 0.25) is 0 Å². The first-order valence-corrected chi connectivity index (χ1v) is 3.28. The van der Waals surface area contributed by atoms with Gasteiger partial charge in [0.15, 0.2) is 0 Å². The minimum absolute atomic E-state index is 0.0711. The van der Waals surface area contributed by atoms with Crippen molar-refractivity contribution < 1.29 is 5.11 Å². The van der Waals surface area contributed by atoms with E-state index < -0.39 is 0 Å². The van der Waals surface area contributed by atoms with Gasteiger partial charge in [0.1, 0.15) is 5.82 Å². The quantitative estimate of drug-likeness (QED) is 0.688. The molecule has 0 amide bonds. The summed E-state index contributed by atoms with van der Waals surface area (Å²) >= 11 is 5.52. The largest absolute Gasteiger partial charge is 0.396 e. The maximum Gasteiger partial charge on any atom is 0.130 e. The fourth-order valence-electron chi connectivity index (χ4n) is 0.568. The number of aromatic nitrogens is 2. The molecule has 0 aliphatic carbocycles. The van der Waals surface area contributed by atoms with Gasteiger partial charge in [-0.3, -0.25) is 0 Å². The summed E-state index contributed by atoms with van der Waals surface area (Å²) in [5.41, 5.74) is 0. The summed E-state index contributed by atoms with van der Waals surface area (Å²) in [6, 6.07) is 0. The predicted molar refractivity (Wildman–Crippen MR) is 37.8 cm³/mol. The van der Waals surface area contributed by atoms with Crippen LogP contribution >= 0.6 is 11.6 Å². The van der Waals surface area contributed by atoms with Gasteiger partial charge in [0, 0.05) is 18.8 Å². The molecule has 1 N–H and O–H groups in total. The van der Waals surface area contributed by atoms with Crippen molar-refractivity contribution >= 4 is 11.6 Å². The van der Waals surface area contributed by atoms with Crippen LogP contribution < -0.4 is 0 Å². The summed E-state index contributed by atoms with van der Waals surface area (Å²) < 4.78 is 0. The first-order chi connectivity index (χ1) is 4.83. The molecule has 0 saturated carbocycles. The van der Waals surface area contributed by atoms with Crippen molar-refractivity contribution in [3.8, 4) is 0 Å². The number of nitrogens with zero attached hydrogens (tertiary/aromatic N) is 2. The van der Waals surface area contributed by atoms with Crippen LogP contribution in [0, 0.1) is 0 Å². The van der Waals surface area contributed by atoms with Crippen LogP contribution in [0.1, 0.15) is 5.82 Å². The number of rotatable bonds is 2. The Bertz CT molecular complexity index is 199. The minimum atomic E-state index is 0.0711. The Labute approximate surface area is 63.7 Å². The Morgan fingerprint density at radius 2 is 2.00 bits per heavy atom. The average molecular weight is 159 g/mol. The van der Waals surface area contributed by atoms with Crippen molar-refractivity contribution in [2.75, 3.05) is 6.61 Å². The van der Waals surface area contributed by atoms with Gasteiger partial charge < -0.3 is 5.11 Å². The normalized spacial score (nSPS) is 9.80. The zero-order valence-electron chi connectivity index (χ0n) is 5.29. The van der Waals surface area contributed by atoms with Crippen molar-refractivity contribution in [3.63, 3.8) is 0 Å². The Hall–Kier alpha value is -0.670. The van der Waals surface area contributed by atoms with Crippen LogP contribution in [0.25, 0.3) is 0 Å². The zero-order chi connectivity index (χ0) is 7.40. The second kappa shape index (κ2) is 3.49. The molecule has 0 saturated heterocycles. The molecule has 0 fully saturated rings. The molecule has 0 aliphatic rings. The van der Waals surface area contributed by atoms with Crippen LogP contribution in [0.15, 0.2) is 12.4 Å². The lowest BCUT2D eigenvalue weighted by Crippen LogP contribution is -1.96. The second-order valence-electron chi connectivity index (χ2n) is 1.79. The van der Waals surface area contributed by atoms with Gasteiger partial charge in [0.25, 0.3) is 0 Å². The fourth-order valence-corrected chi connectivity index (χ4v) is 0.666. The molecule has 4 heteroatoms. The number of aliphatic hydroxyl groups is 1. The molecule has 0 spiro atoms. The molecule has 54 valence electrons. The molecular weight excluding hydrogens is 152 g/mol. The molecule has 0 radical (unpaired) electrons. The van der Waals surface area contributed by atoms with Crippen molar-refractivity contribution in [3.05, 3.63) is 23.2 Å². The SMILES string of the molecule is OCCc1ncc(Cl)cn1. The van der Waals surface area contributed by atoms with E-state index in [9.17, 15) is 0 Å². The summed E-state index contributed by atoms with van der Waals surface area (Å²) in [5.74, 6) is 0.618. The van der Waals surface area contributed by atoms with Gasteiger partial charge in [-0.1, -0.05) is 11.6 Å². The molecule has 10 heavy (non-hydrogen) atoms. The molecule has 0 atom stereocenters. The number of hydrogen-bond donors (Lipinski definition) is 1. The molecule has 1 aromatic heterocycles. The lowest BCUT2D eigenvalue weighted by Gasteiger charge is -1.93. The van der Waals surface area contributed by atoms with E-state index in [-0.39, 0.29) is 6.61 Å². The van der Waals surface area contributed by atoms with E-state index in [1.54, 1.807) is 0 Å². The minimum Gasteiger partial charge on any atom is -0.396 e. The lowest BCUT2D eigenvalue weighted by molar-refractivity contribution is 0.296. The summed E-state index contributed by atoms with van der Waals surface area (Å²) in [5, 5.41) is 8.99. The van der Waals surface area contributed by atoms with E-state index in [2.05, 4.69) is 9.97 Å². The zero-order valence-corrected chi connectivity index (χ0v) is 6.04. The molecule has 0 aromatic carbocycles. The Balaban J connectivity index is 2.69. The molecule has 1 aromatic rings. The third-order valence-corrected chi connectivity index (χ3v) is 1.20. The molecular formula is C6H7ClN2O. The van der Waals surface area contributed by atoms with Crippen LogP contribution in [-0.2, 0) is 6.42 Å². The van der Waals surface area contributed by atoms with Gasteiger partial charge in [-0.05, 0) is 0 Å². The maximum atomic E-state index is 8.48. The highest BCUT2D eigenvalue weighted by molar-refractivity contribution is 6.30. The fraction of sp³-hybridized carbons (Fsp3) is 0.333. The highest BCUT2D eigenvalue weighted by Gasteiger charge is 1.93. The molecule has 0 bridgehead atoms. The Morgan fingerprint density at radius 3 is 2.50 bits per heavy atom. The summed E-state index contributed by atoms with van der Waals surface area (Å²) in [7, 11) is 0. The number of halogens is 1. The topological polar surface area (TPSA) is 46.0 Å². The molecule has 0 aliphatic heterocycles. The van der Waals surface area contributed by atoms with Crippen LogP contribution in [0.2, 0.25) is 5.02 Å². The Kier molecular flexibility index (Phi) is 2.59. The summed E-state index contributed by atoms with van der Waals surface area (Å²) in [6.45, 7) is 0.0711. The predicted octanol–water partition coefficient (Wildman–Crippen LogP) is 0.665. The first kappa shape index (κ1) is 7.44. The van der Waals surface area contributed by atoms with Gasteiger partial charge >= 0.3 is 0 Å². The third kappa shape index (κ3) is 1.93. The standard InChI is InChI=1S/C6H7ClN2O/c7-5-3-8-6(1-2-10)9-4-5/h3-4,10H,1-2H2. The number of aliphatic hydroxyl groups excluding tert-OH is 1. The van der Waals surface area contributed by atoms with E-state index in [1.165, 1.54) is 12.4 Å². The van der Waals surface area contributed by atoms with Crippen LogP contribution in [0.4, 0.5) is 0 Å². The van der Waals surface area contributed by atoms with Crippen molar-refractivity contribution in [1.29, 1.82) is 0 Å². The van der Waals surface area contributed by atoms with Crippen LogP contribution in [-0.4, -0.2) is 21.7 Å². The summed E-state index contributed by atoms with van der Waals surface area (Å²) in [4.78, 5) is 7.73. The van der Waals surface area contributed by atoms with Crippen LogP contribution in [0.3, 0.4) is 0 Å². The van der Waals surface area contributed by atoms with E-state index in [0.717, 1.165) is 0 Å². The van der Waals surface area contributed by atoms with E-state index >= 15 is 0 Å². The van der Waals surface area contributed by atoms with Crippen LogP contribution in [0.5, 0.6) is 0 Å². The second-order valence-corrected chi connectivity index (χ2v) is 2.23. The maximum absolute atomic E-state index is 8.48. The van der Waals surface area contributed by atoms with Crippen molar-refractivity contribution in [2.24, 2.45) is 0 Å². The van der Waals surface area contributed by atoms with E-state index in [0.29, 0.717) is 17.3 Å². The molecule has 0 unspecified atom stereocenters. The van der Waals surface area contributed by atoms with Gasteiger partial charge in [-0.2, -0.15) is 0 Å². The summed E-state index contributed by atoms with van der Waals surface area (Å²) in [6.07, 6.45) is 3.51. The lowest BCUT2D eigenvalue weighted by atomic mass is 10.4. The average Bonchev–Trinajstić information content (AvgIpc) is 1.95. The highest BCUT2D eigenvalue weighted by Crippen LogP contribution is 2.02. The third-order valence-electron chi connectivity index (χ3n) is 1.01. The molecule has 3 nitrogen and oxygen atoms in total. The number of hydrogen-bond acceptors (Lipinski definition) is 3. The van der Waals surface area contributed by atoms with Gasteiger partial charge in [-0.15, -0.1) is 0 Å². The van der Waals surface area contributed by atoms with Gasteiger partial charge in [-0.25, -0.2) is 9.97 Å². The van der Waals surface area contributed by atoms with Crippen molar-refractivity contribution in [2.45, 2.75) is 6.42 Å². The molecule has 1 heterocycles. The smallest absolute Gasteiger partial charge is 0.130 e. The molecule has 1 rings (SSSR count). The highest BCUT2D eigenvalue weighted by atomic mass is 35.5. The first-order valence-electron chi connectivity index (χ1n) is 2.90. The van der Waals surface area contributed by atoms with E-state index in [4.69, 9.17) is 16.7 Å². The van der Waals surface area contributed by atoms with Gasteiger partial charge in [0.05, 0.1) is 11.6 Å².